The second kappa shape index (κ2) is 10.0. The Bertz CT molecular complexity index is 1370. The number of H-pyrrole nitrogens is 1. The van der Waals surface area contributed by atoms with Gasteiger partial charge < -0.3 is 20.1 Å². The fraction of sp³-hybridized carbons (Fsp3) is 0.429. The lowest BCUT2D eigenvalue weighted by Crippen LogP contribution is -2.37. The van der Waals surface area contributed by atoms with Crippen LogP contribution in [0.15, 0.2) is 41.3 Å². The van der Waals surface area contributed by atoms with Crippen LogP contribution in [0.2, 0.25) is 0 Å². The van der Waals surface area contributed by atoms with E-state index in [9.17, 15) is 19.3 Å². The highest BCUT2D eigenvalue weighted by Crippen LogP contribution is 2.53. The van der Waals surface area contributed by atoms with Crippen LogP contribution in [0.5, 0.6) is 5.75 Å². The van der Waals surface area contributed by atoms with Gasteiger partial charge in [-0.25, -0.2) is 18.5 Å². The summed E-state index contributed by atoms with van der Waals surface area (Å²) in [5, 5.41) is 14.6. The highest BCUT2D eigenvalue weighted by Gasteiger charge is 2.58. The van der Waals surface area contributed by atoms with Crippen LogP contribution in [0.1, 0.15) is 25.6 Å². The second-order valence-corrected chi connectivity index (χ2v) is 11.7. The third-order valence-electron chi connectivity index (χ3n) is 5.71. The van der Waals surface area contributed by atoms with Crippen LogP contribution in [-0.2, 0) is 18.6 Å². The van der Waals surface area contributed by atoms with Gasteiger partial charge in [0.15, 0.2) is 0 Å². The molecule has 1 aromatic carbocycles. The van der Waals surface area contributed by atoms with E-state index in [-0.39, 0.29) is 35.0 Å². The van der Waals surface area contributed by atoms with E-state index in [1.54, 1.807) is 37.3 Å². The molecule has 1 saturated heterocycles. The third-order valence-corrected chi connectivity index (χ3v) is 8.62. The molecule has 6 atom stereocenters. The molecule has 1 fully saturated rings. The molecule has 15 heteroatoms. The minimum atomic E-state index is -3.95. The van der Waals surface area contributed by atoms with E-state index in [1.807, 2.05) is 0 Å². The van der Waals surface area contributed by atoms with Gasteiger partial charge in [0, 0.05) is 5.92 Å². The number of fused-ring (bicyclic) bond motifs is 1. The number of hydrogen-bond acceptors (Lipinski definition) is 10. The highest BCUT2D eigenvalue weighted by molar-refractivity contribution is 9.10. The van der Waals surface area contributed by atoms with Crippen molar-refractivity contribution in [2.45, 2.75) is 36.7 Å². The molecule has 1 aliphatic rings. The van der Waals surface area contributed by atoms with Crippen molar-refractivity contribution in [2.24, 2.45) is 5.92 Å². The Balaban J connectivity index is 1.57. The molecular formula is C21H24BrFN5O7P. The molecule has 4 N–H and O–H groups in total. The summed E-state index contributed by atoms with van der Waals surface area (Å²) in [5.41, 5.74) is 4.79. The summed E-state index contributed by atoms with van der Waals surface area (Å²) in [5.74, 6) is -0.846. The Morgan fingerprint density at radius 2 is 2.14 bits per heavy atom. The number of nitrogens with one attached hydrogen (secondary N) is 1. The number of aromatic nitrogens is 4. The number of hydrogen-bond donors (Lipinski definition) is 3. The fourth-order valence-electron chi connectivity index (χ4n) is 3.65. The summed E-state index contributed by atoms with van der Waals surface area (Å²) in [6, 6.07) is 8.23. The van der Waals surface area contributed by atoms with Crippen LogP contribution in [0.4, 0.5) is 10.3 Å². The van der Waals surface area contributed by atoms with E-state index in [1.165, 1.54) is 13.1 Å². The number of aromatic amines is 1. The maximum Gasteiger partial charge on any atom is 0.379 e. The van der Waals surface area contributed by atoms with E-state index in [0.717, 1.165) is 4.52 Å². The van der Waals surface area contributed by atoms with E-state index < -0.39 is 48.6 Å². The number of aliphatic hydroxyl groups is 1. The van der Waals surface area contributed by atoms with Crippen molar-refractivity contribution in [3.63, 3.8) is 0 Å². The van der Waals surface area contributed by atoms with Gasteiger partial charge in [0.1, 0.15) is 29.8 Å². The van der Waals surface area contributed by atoms with Crippen molar-refractivity contribution in [1.82, 2.24) is 19.6 Å². The van der Waals surface area contributed by atoms with E-state index in [4.69, 9.17) is 19.5 Å². The number of carbonyl (C=O) groups excluding carboxylic acids is 1. The number of nitrogens with two attached hydrogens (primary N) is 1. The number of imidazole rings is 1. The number of nitrogens with zero attached hydrogens (tertiary/aromatic N) is 3. The number of para-hydroxylation sites is 1. The molecule has 194 valence electrons. The zero-order valence-electron chi connectivity index (χ0n) is 19.2. The van der Waals surface area contributed by atoms with Gasteiger partial charge in [0.25, 0.3) is 5.56 Å². The standard InChI is InChI=1S/C21H24BrFN5O7P/c1-11(12(2)29)10-36(32,35-13-6-4-3-5-7-13)33-9-15-16(30)21(22,23)17(34-15)14-8-25-18-19(31)26-20(24)27-28(14)18/h3-8,11,15-17,30H,9-10H2,1-2H3,(H3,24,26,27,31)/t11-,15-,16+,17+,21?,36?/m1/s1. The van der Waals surface area contributed by atoms with E-state index in [2.05, 4.69) is 31.0 Å². The lowest BCUT2D eigenvalue weighted by molar-refractivity contribution is -0.119. The minimum absolute atomic E-state index is 0.00218. The third kappa shape index (κ3) is 5.23. The molecular weight excluding hydrogens is 564 g/mol. The zero-order chi connectivity index (χ0) is 26.3. The Morgan fingerprint density at radius 3 is 2.81 bits per heavy atom. The van der Waals surface area contributed by atoms with Gasteiger partial charge in [-0.3, -0.25) is 19.1 Å². The van der Waals surface area contributed by atoms with Crippen molar-refractivity contribution in [2.75, 3.05) is 18.5 Å². The first-order chi connectivity index (χ1) is 16.9. The topological polar surface area (TPSA) is 171 Å². The summed E-state index contributed by atoms with van der Waals surface area (Å²) >= 11 is 2.86. The molecule has 12 nitrogen and oxygen atoms in total. The number of alkyl halides is 2. The summed E-state index contributed by atoms with van der Waals surface area (Å²) < 4.78 is 44.6. The van der Waals surface area contributed by atoms with Gasteiger partial charge in [0.05, 0.1) is 24.7 Å². The van der Waals surface area contributed by atoms with Crippen molar-refractivity contribution in [3.8, 4) is 5.75 Å². The molecule has 1 aliphatic heterocycles. The molecule has 0 bridgehead atoms. The number of carbonyl (C=O) groups is 1. The summed E-state index contributed by atoms with van der Waals surface area (Å²) in [4.78, 5) is 30.1. The molecule has 36 heavy (non-hydrogen) atoms. The number of aliphatic hydroxyl groups excluding tert-OH is 1. The Morgan fingerprint density at radius 1 is 1.44 bits per heavy atom. The van der Waals surface area contributed by atoms with Crippen molar-refractivity contribution in [1.29, 1.82) is 0 Å². The molecule has 4 rings (SSSR count). The first-order valence-electron chi connectivity index (χ1n) is 10.8. The number of benzene rings is 1. The monoisotopic (exact) mass is 587 g/mol. The normalized spacial score (nSPS) is 26.5. The van der Waals surface area contributed by atoms with Gasteiger partial charge in [-0.1, -0.05) is 25.1 Å². The van der Waals surface area contributed by atoms with Crippen LogP contribution in [0.3, 0.4) is 0 Å². The average Bonchev–Trinajstić information content (AvgIpc) is 3.31. The second-order valence-electron chi connectivity index (χ2n) is 8.44. The van der Waals surface area contributed by atoms with E-state index in [0.29, 0.717) is 0 Å². The molecule has 0 amide bonds. The van der Waals surface area contributed by atoms with E-state index >= 15 is 4.39 Å². The van der Waals surface area contributed by atoms with Gasteiger partial charge in [-0.15, -0.1) is 5.10 Å². The molecule has 0 radical (unpaired) electrons. The highest BCUT2D eigenvalue weighted by atomic mass is 79.9. The van der Waals surface area contributed by atoms with Crippen molar-refractivity contribution in [3.05, 3.63) is 52.6 Å². The maximum absolute atomic E-state index is 15.6. The number of ether oxygens (including phenoxy) is 1. The summed E-state index contributed by atoms with van der Waals surface area (Å²) in [6.45, 7) is 2.41. The number of anilines is 1. The largest absolute Gasteiger partial charge is 0.424 e. The number of nitrogen functional groups attached to an aromatic ring is 1. The Hall–Kier alpha value is -2.64. The Kier molecular flexibility index (Phi) is 7.35. The predicted octanol–water partition coefficient (Wildman–Crippen LogP) is 2.38. The van der Waals surface area contributed by atoms with Crippen molar-refractivity contribution < 1.29 is 32.6 Å². The number of halogens is 2. The van der Waals surface area contributed by atoms with Crippen LogP contribution in [0, 0.1) is 5.92 Å². The van der Waals surface area contributed by atoms with Gasteiger partial charge in [-0.2, -0.15) is 0 Å². The molecule has 3 heterocycles. The van der Waals surface area contributed by atoms with Crippen LogP contribution >= 0.6 is 23.5 Å². The van der Waals surface area contributed by atoms with Crippen LogP contribution in [-0.4, -0.2) is 60.0 Å². The summed E-state index contributed by atoms with van der Waals surface area (Å²) in [7, 11) is -3.95. The molecule has 2 aromatic heterocycles. The minimum Gasteiger partial charge on any atom is -0.424 e. The quantitative estimate of drug-likeness (QED) is 0.249. The summed E-state index contributed by atoms with van der Waals surface area (Å²) in [6.07, 6.45) is -3.66. The number of Topliss-reactive ketones (excluding diaryl/α,β-unsaturated/α-hetero) is 1. The first kappa shape index (κ1) is 26.4. The number of ketones is 1. The number of rotatable bonds is 9. The molecule has 0 saturated carbocycles. The molecule has 2 unspecified atom stereocenters. The van der Waals surface area contributed by atoms with Gasteiger partial charge in [0.2, 0.25) is 16.2 Å². The molecule has 0 spiro atoms. The van der Waals surface area contributed by atoms with Crippen LogP contribution in [0.25, 0.3) is 5.65 Å². The predicted molar refractivity (Wildman–Crippen MR) is 130 cm³/mol. The average molecular weight is 588 g/mol. The SMILES string of the molecule is CC(=O)[C@H](C)CP(=O)(OC[C@H]1O[C@@H](c2cnc3c(=O)[nH]c(N)nn23)C(F)(Br)[C@H]1O)Oc1ccccc1. The van der Waals surface area contributed by atoms with Gasteiger partial charge >= 0.3 is 7.60 Å². The lowest BCUT2D eigenvalue weighted by atomic mass is 10.1. The molecule has 3 aromatic rings. The van der Waals surface area contributed by atoms with Crippen LogP contribution < -0.4 is 15.8 Å². The van der Waals surface area contributed by atoms with Crippen molar-refractivity contribution >= 4 is 40.9 Å². The lowest BCUT2D eigenvalue weighted by Gasteiger charge is -2.24. The molecule has 0 aliphatic carbocycles. The smallest absolute Gasteiger partial charge is 0.379 e. The maximum atomic E-state index is 15.6. The fourth-order valence-corrected chi connectivity index (χ4v) is 6.27. The van der Waals surface area contributed by atoms with Gasteiger partial charge in [-0.05, 0) is 35.0 Å². The zero-order valence-corrected chi connectivity index (χ0v) is 21.7. The Labute approximate surface area is 212 Å². The first-order valence-corrected chi connectivity index (χ1v) is 13.4.